The summed E-state index contributed by atoms with van der Waals surface area (Å²) in [6.45, 7) is 10.3. The second-order valence-electron chi connectivity index (χ2n) is 7.45. The van der Waals surface area contributed by atoms with Gasteiger partial charge < -0.3 is 39.2 Å². The Hall–Kier alpha value is 0.724. The molecule has 0 aromatic heterocycles. The average Bonchev–Trinajstić information content (AvgIpc) is 3.43. The summed E-state index contributed by atoms with van der Waals surface area (Å²) in [4.78, 5) is 0. The quantitative estimate of drug-likeness (QED) is 0.242. The van der Waals surface area contributed by atoms with Crippen LogP contribution in [-0.2, 0) is 39.2 Å². The van der Waals surface area contributed by atoms with Crippen LogP contribution in [0.25, 0.3) is 0 Å². The largest absolute Gasteiger partial charge is 0.500 e. The topological polar surface area (TPSA) is 86.4 Å². The van der Waals surface area contributed by atoms with Crippen LogP contribution in [0.3, 0.4) is 0 Å². The molecular formula is C14H36O9Si5. The van der Waals surface area contributed by atoms with Crippen LogP contribution in [0.5, 0.6) is 0 Å². The van der Waals surface area contributed by atoms with Crippen molar-refractivity contribution in [2.45, 2.75) is 50.4 Å². The zero-order valence-electron chi connectivity index (χ0n) is 18.1. The van der Waals surface area contributed by atoms with Crippen molar-refractivity contribution in [3.8, 4) is 0 Å². The zero-order chi connectivity index (χ0) is 20.8. The van der Waals surface area contributed by atoms with E-state index >= 15 is 0 Å². The molecule has 2 saturated heterocycles. The van der Waals surface area contributed by atoms with E-state index in [4.69, 9.17) is 39.2 Å². The van der Waals surface area contributed by atoms with Crippen LogP contribution in [0.1, 0.15) is 0 Å². The third-order valence-corrected chi connectivity index (χ3v) is 23.7. The Morgan fingerprint density at radius 2 is 1.36 bits per heavy atom. The monoisotopic (exact) mass is 488 g/mol. The zero-order valence-corrected chi connectivity index (χ0v) is 23.5. The highest BCUT2D eigenvalue weighted by Gasteiger charge is 2.48. The van der Waals surface area contributed by atoms with Gasteiger partial charge in [0.25, 0.3) is 0 Å². The third-order valence-electron chi connectivity index (χ3n) is 4.89. The highest BCUT2D eigenvalue weighted by atomic mass is 28.5. The minimum Gasteiger partial charge on any atom is -0.418 e. The molecule has 0 aromatic rings. The van der Waals surface area contributed by atoms with Gasteiger partial charge in [-0.25, -0.2) is 0 Å². The molecule has 0 radical (unpaired) electrons. The Bertz CT molecular complexity index is 458. The van der Waals surface area contributed by atoms with Crippen LogP contribution < -0.4 is 0 Å². The Labute approximate surface area is 175 Å². The van der Waals surface area contributed by atoms with E-state index < -0.39 is 44.5 Å². The predicted molar refractivity (Wildman–Crippen MR) is 115 cm³/mol. The maximum Gasteiger partial charge on any atom is 0.500 e. The molecule has 0 amide bonds. The average molecular weight is 489 g/mol. The molecule has 2 rings (SSSR count). The van der Waals surface area contributed by atoms with Crippen molar-refractivity contribution < 1.29 is 39.2 Å². The Morgan fingerprint density at radius 1 is 0.893 bits per heavy atom. The van der Waals surface area contributed by atoms with Gasteiger partial charge in [-0.05, 0) is 32.2 Å². The lowest BCUT2D eigenvalue weighted by molar-refractivity contribution is 0.121. The Kier molecular flexibility index (Phi) is 9.68. The molecule has 3 unspecified atom stereocenters. The summed E-state index contributed by atoms with van der Waals surface area (Å²) >= 11 is 0. The van der Waals surface area contributed by atoms with E-state index in [1.165, 1.54) is 0 Å². The number of epoxide rings is 1. The SMILES string of the molecule is CO[Si](CC[Si]1(C)O[SiH](C)O[Si](C)(CCOCC2CO2)O[SiH](C)O1)(OC)OC. The Morgan fingerprint density at radius 3 is 1.79 bits per heavy atom. The molecule has 9 nitrogen and oxygen atoms in total. The van der Waals surface area contributed by atoms with E-state index in [0.29, 0.717) is 19.3 Å². The molecule has 28 heavy (non-hydrogen) atoms. The summed E-state index contributed by atoms with van der Waals surface area (Å²) in [5.41, 5.74) is 0. The lowest BCUT2D eigenvalue weighted by Crippen LogP contribution is -2.58. The molecule has 0 spiro atoms. The standard InChI is InChI=1S/C14H36O9Si5/c1-15-28(16-2,17-3)11-10-27(7)22-24(4)20-26(6,21-25(5)23-27)9-8-18-12-14-13-19-14/h14,24-25H,8-13H2,1-7H3. The molecule has 14 heteroatoms. The lowest BCUT2D eigenvalue weighted by atomic mass is 10.5. The van der Waals surface area contributed by atoms with Crippen LogP contribution in [0, 0.1) is 0 Å². The minimum absolute atomic E-state index is 0.274. The molecule has 0 bridgehead atoms. The maximum absolute atomic E-state index is 6.45. The summed E-state index contributed by atoms with van der Waals surface area (Å²) in [6, 6.07) is 2.14. The second-order valence-corrected chi connectivity index (χ2v) is 22.1. The van der Waals surface area contributed by atoms with Gasteiger partial charge >= 0.3 is 44.5 Å². The van der Waals surface area contributed by atoms with E-state index in [0.717, 1.165) is 18.7 Å². The van der Waals surface area contributed by atoms with Crippen molar-refractivity contribution in [3.05, 3.63) is 0 Å². The fraction of sp³-hybridized carbons (Fsp3) is 1.00. The number of ether oxygens (including phenoxy) is 2. The van der Waals surface area contributed by atoms with Crippen LogP contribution in [0.4, 0.5) is 0 Å². The van der Waals surface area contributed by atoms with Crippen LogP contribution in [-0.4, -0.2) is 91.7 Å². The molecule has 0 aliphatic carbocycles. The minimum atomic E-state index is -2.67. The molecule has 2 heterocycles. The summed E-state index contributed by atoms with van der Waals surface area (Å²) in [5, 5.41) is 0. The van der Waals surface area contributed by atoms with Gasteiger partial charge in [-0.15, -0.1) is 0 Å². The molecular weight excluding hydrogens is 453 g/mol. The molecule has 0 N–H and O–H groups in total. The normalized spacial score (nSPS) is 36.8. The lowest BCUT2D eigenvalue weighted by Gasteiger charge is -2.42. The highest BCUT2D eigenvalue weighted by Crippen LogP contribution is 2.29. The smallest absolute Gasteiger partial charge is 0.418 e. The number of rotatable bonds is 11. The van der Waals surface area contributed by atoms with Crippen molar-refractivity contribution in [1.82, 2.24) is 0 Å². The predicted octanol–water partition coefficient (Wildman–Crippen LogP) is 1.20. The van der Waals surface area contributed by atoms with Gasteiger partial charge in [-0.2, -0.15) is 0 Å². The summed E-state index contributed by atoms with van der Waals surface area (Å²) in [6.07, 6.45) is 0.274. The third kappa shape index (κ3) is 7.76. The van der Waals surface area contributed by atoms with E-state index in [-0.39, 0.29) is 6.10 Å². The van der Waals surface area contributed by atoms with Gasteiger partial charge in [0.1, 0.15) is 6.10 Å². The maximum atomic E-state index is 6.45. The van der Waals surface area contributed by atoms with E-state index in [1.54, 1.807) is 21.3 Å². The first-order chi connectivity index (χ1) is 13.2. The van der Waals surface area contributed by atoms with Gasteiger partial charge in [-0.3, -0.25) is 0 Å². The van der Waals surface area contributed by atoms with Crippen LogP contribution >= 0.6 is 0 Å². The first-order valence-electron chi connectivity index (χ1n) is 9.73. The summed E-state index contributed by atoms with van der Waals surface area (Å²) in [7, 11) is -6.46. The van der Waals surface area contributed by atoms with Crippen molar-refractivity contribution >= 4 is 44.5 Å². The molecule has 2 aliphatic rings. The molecule has 2 fully saturated rings. The van der Waals surface area contributed by atoms with Crippen molar-refractivity contribution in [3.63, 3.8) is 0 Å². The molecule has 166 valence electrons. The fourth-order valence-electron chi connectivity index (χ4n) is 3.32. The van der Waals surface area contributed by atoms with E-state index in [9.17, 15) is 0 Å². The molecule has 3 atom stereocenters. The molecule has 0 saturated carbocycles. The van der Waals surface area contributed by atoms with Gasteiger partial charge in [0.2, 0.25) is 0 Å². The van der Waals surface area contributed by atoms with E-state index in [1.807, 2.05) is 13.1 Å². The first-order valence-corrected chi connectivity index (χ1v) is 20.9. The van der Waals surface area contributed by atoms with Gasteiger partial charge in [-0.1, -0.05) is 0 Å². The molecule has 0 aromatic carbocycles. The second kappa shape index (κ2) is 10.8. The first kappa shape index (κ1) is 25.0. The van der Waals surface area contributed by atoms with Gasteiger partial charge in [0.15, 0.2) is 0 Å². The summed E-state index contributed by atoms with van der Waals surface area (Å²) < 4.78 is 53.2. The van der Waals surface area contributed by atoms with E-state index in [2.05, 4.69) is 13.1 Å². The number of hydrogen-bond acceptors (Lipinski definition) is 9. The summed E-state index contributed by atoms with van der Waals surface area (Å²) in [5.74, 6) is 0. The van der Waals surface area contributed by atoms with Crippen LogP contribution in [0.2, 0.25) is 44.3 Å². The Balaban J connectivity index is 1.91. The fourth-order valence-corrected chi connectivity index (χ4v) is 23.8. The highest BCUT2D eigenvalue weighted by molar-refractivity contribution is 6.85. The van der Waals surface area contributed by atoms with Gasteiger partial charge in [0.05, 0.1) is 13.2 Å². The van der Waals surface area contributed by atoms with Crippen LogP contribution in [0.15, 0.2) is 0 Å². The molecule has 2 aliphatic heterocycles. The van der Waals surface area contributed by atoms with Gasteiger partial charge in [0, 0.05) is 40.0 Å². The number of hydrogen-bond donors (Lipinski definition) is 0. The van der Waals surface area contributed by atoms with Crippen molar-refractivity contribution in [2.24, 2.45) is 0 Å². The van der Waals surface area contributed by atoms with Crippen molar-refractivity contribution in [1.29, 1.82) is 0 Å². The van der Waals surface area contributed by atoms with Crippen molar-refractivity contribution in [2.75, 3.05) is 41.2 Å².